The van der Waals surface area contributed by atoms with Crippen molar-refractivity contribution in [2.24, 2.45) is 0 Å². The first-order chi connectivity index (χ1) is 7.02. The van der Waals surface area contributed by atoms with E-state index in [1.807, 2.05) is 6.92 Å². The van der Waals surface area contributed by atoms with Gasteiger partial charge in [0, 0.05) is 18.8 Å². The van der Waals surface area contributed by atoms with Crippen molar-refractivity contribution in [2.45, 2.75) is 25.3 Å². The molecule has 5 nitrogen and oxygen atoms in total. The van der Waals surface area contributed by atoms with Crippen LogP contribution in [0.4, 0.5) is 0 Å². The molecule has 0 saturated carbocycles. The molecule has 1 atom stereocenters. The normalized spacial score (nSPS) is 26.5. The fraction of sp³-hybridized carbons (Fsp3) is 0.600. The van der Waals surface area contributed by atoms with Crippen molar-refractivity contribution >= 4 is 11.9 Å². The van der Waals surface area contributed by atoms with Crippen LogP contribution in [0.2, 0.25) is 0 Å². The quantitative estimate of drug-likeness (QED) is 0.662. The monoisotopic (exact) mass is 213 g/mol. The molecule has 0 spiro atoms. The van der Waals surface area contributed by atoms with Gasteiger partial charge in [0.1, 0.15) is 0 Å². The summed E-state index contributed by atoms with van der Waals surface area (Å²) in [5.74, 6) is -1.53. The highest BCUT2D eigenvalue weighted by Gasteiger charge is 2.28. The van der Waals surface area contributed by atoms with Crippen molar-refractivity contribution < 1.29 is 19.4 Å². The van der Waals surface area contributed by atoms with Gasteiger partial charge >= 0.3 is 5.97 Å². The molecule has 1 saturated heterocycles. The van der Waals surface area contributed by atoms with Crippen LogP contribution in [0.25, 0.3) is 0 Å². The van der Waals surface area contributed by atoms with Crippen LogP contribution < -0.4 is 5.32 Å². The van der Waals surface area contributed by atoms with E-state index in [-0.39, 0.29) is 5.54 Å². The third kappa shape index (κ3) is 4.12. The number of hydrogen-bond donors (Lipinski definition) is 2. The van der Waals surface area contributed by atoms with Crippen LogP contribution in [-0.4, -0.2) is 35.7 Å². The van der Waals surface area contributed by atoms with Crippen molar-refractivity contribution in [1.82, 2.24) is 5.32 Å². The minimum atomic E-state index is -1.13. The van der Waals surface area contributed by atoms with Gasteiger partial charge in [-0.3, -0.25) is 4.79 Å². The maximum atomic E-state index is 11.3. The van der Waals surface area contributed by atoms with Crippen LogP contribution >= 0.6 is 0 Å². The second kappa shape index (κ2) is 4.93. The van der Waals surface area contributed by atoms with E-state index in [2.05, 4.69) is 5.32 Å². The Hall–Kier alpha value is -1.36. The summed E-state index contributed by atoms with van der Waals surface area (Å²) in [5.41, 5.74) is -0.377. The number of carbonyl (C=O) groups excluding carboxylic acids is 1. The molecule has 84 valence electrons. The predicted molar refractivity (Wildman–Crippen MR) is 53.4 cm³/mol. The molecule has 0 aromatic carbocycles. The van der Waals surface area contributed by atoms with Gasteiger partial charge in [0.25, 0.3) is 0 Å². The number of ether oxygens (including phenoxy) is 1. The van der Waals surface area contributed by atoms with E-state index in [0.717, 1.165) is 31.6 Å². The lowest BCUT2D eigenvalue weighted by Crippen LogP contribution is -2.51. The van der Waals surface area contributed by atoms with E-state index in [9.17, 15) is 9.59 Å². The highest BCUT2D eigenvalue weighted by molar-refractivity contribution is 5.94. The second-order valence-corrected chi connectivity index (χ2v) is 3.88. The molecule has 1 heterocycles. The molecule has 1 aliphatic heterocycles. The van der Waals surface area contributed by atoms with Gasteiger partial charge in [-0.05, 0) is 19.8 Å². The van der Waals surface area contributed by atoms with Crippen molar-refractivity contribution in [1.29, 1.82) is 0 Å². The van der Waals surface area contributed by atoms with Gasteiger partial charge < -0.3 is 15.2 Å². The van der Waals surface area contributed by atoms with Crippen molar-refractivity contribution in [3.05, 3.63) is 12.2 Å². The maximum Gasteiger partial charge on any atom is 0.328 e. The van der Waals surface area contributed by atoms with E-state index in [0.29, 0.717) is 6.61 Å². The molecule has 2 N–H and O–H groups in total. The Morgan fingerprint density at radius 3 is 2.73 bits per heavy atom. The lowest BCUT2D eigenvalue weighted by atomic mass is 9.95. The van der Waals surface area contributed by atoms with Gasteiger partial charge in [0.15, 0.2) is 0 Å². The predicted octanol–water partition coefficient (Wildman–Crippen LogP) is 0.312. The zero-order valence-electron chi connectivity index (χ0n) is 8.66. The first-order valence-corrected chi connectivity index (χ1v) is 4.83. The minimum absolute atomic E-state index is 0.377. The first kappa shape index (κ1) is 11.7. The smallest absolute Gasteiger partial charge is 0.328 e. The van der Waals surface area contributed by atoms with E-state index in [4.69, 9.17) is 9.84 Å². The second-order valence-electron chi connectivity index (χ2n) is 3.88. The average molecular weight is 213 g/mol. The minimum Gasteiger partial charge on any atom is -0.478 e. The van der Waals surface area contributed by atoms with Crippen LogP contribution in [0.5, 0.6) is 0 Å². The number of aliphatic carboxylic acids is 1. The number of carbonyl (C=O) groups is 2. The molecule has 5 heteroatoms. The van der Waals surface area contributed by atoms with Crippen LogP contribution in [0.1, 0.15) is 19.8 Å². The highest BCUT2D eigenvalue weighted by atomic mass is 16.5. The summed E-state index contributed by atoms with van der Waals surface area (Å²) in [6.45, 7) is 3.08. The van der Waals surface area contributed by atoms with E-state index >= 15 is 0 Å². The van der Waals surface area contributed by atoms with Gasteiger partial charge in [-0.1, -0.05) is 0 Å². The standard InChI is InChI=1S/C10H15NO4/c1-10(5-2-6-15-7-10)11-8(12)3-4-9(13)14/h3-4H,2,5-7H2,1H3,(H,11,12)(H,13,14)/b4-3+. The Morgan fingerprint density at radius 1 is 1.47 bits per heavy atom. The van der Waals surface area contributed by atoms with Crippen LogP contribution in [-0.2, 0) is 14.3 Å². The Morgan fingerprint density at radius 2 is 2.20 bits per heavy atom. The molecule has 1 unspecified atom stereocenters. The largest absolute Gasteiger partial charge is 0.478 e. The number of carboxylic acid groups (broad SMARTS) is 1. The molecule has 1 fully saturated rings. The summed E-state index contributed by atoms with van der Waals surface area (Å²) in [4.78, 5) is 21.5. The summed E-state index contributed by atoms with van der Waals surface area (Å²) in [6.07, 6.45) is 3.59. The Bertz CT molecular complexity index is 279. The topological polar surface area (TPSA) is 75.6 Å². The third-order valence-electron chi connectivity index (χ3n) is 2.24. The zero-order chi connectivity index (χ0) is 11.3. The number of nitrogens with one attached hydrogen (secondary N) is 1. The molecule has 1 rings (SSSR count). The Kier molecular flexibility index (Phi) is 3.85. The lowest BCUT2D eigenvalue weighted by Gasteiger charge is -2.33. The summed E-state index contributed by atoms with van der Waals surface area (Å²) >= 11 is 0. The molecular formula is C10H15NO4. The molecule has 1 amide bonds. The molecule has 0 aromatic rings. The molecule has 15 heavy (non-hydrogen) atoms. The van der Waals surface area contributed by atoms with Crippen molar-refractivity contribution in [3.8, 4) is 0 Å². The molecular weight excluding hydrogens is 198 g/mol. The van der Waals surface area contributed by atoms with Crippen LogP contribution in [0, 0.1) is 0 Å². The highest BCUT2D eigenvalue weighted by Crippen LogP contribution is 2.17. The zero-order valence-corrected chi connectivity index (χ0v) is 8.66. The van der Waals surface area contributed by atoms with Crippen molar-refractivity contribution in [2.75, 3.05) is 13.2 Å². The molecule has 0 bridgehead atoms. The summed E-state index contributed by atoms with van der Waals surface area (Å²) in [6, 6.07) is 0. The molecule has 0 radical (unpaired) electrons. The van der Waals surface area contributed by atoms with E-state index in [1.165, 1.54) is 0 Å². The number of rotatable bonds is 3. The fourth-order valence-electron chi connectivity index (χ4n) is 1.52. The number of hydrogen-bond acceptors (Lipinski definition) is 3. The van der Waals surface area contributed by atoms with Crippen LogP contribution in [0.15, 0.2) is 12.2 Å². The number of carboxylic acids is 1. The van der Waals surface area contributed by atoms with E-state index < -0.39 is 11.9 Å². The lowest BCUT2D eigenvalue weighted by molar-refractivity contribution is -0.131. The average Bonchev–Trinajstić information content (AvgIpc) is 2.15. The third-order valence-corrected chi connectivity index (χ3v) is 2.24. The Labute approximate surface area is 88.1 Å². The van der Waals surface area contributed by atoms with Crippen LogP contribution in [0.3, 0.4) is 0 Å². The van der Waals surface area contributed by atoms with Gasteiger partial charge in [0.2, 0.25) is 5.91 Å². The molecule has 0 aromatic heterocycles. The van der Waals surface area contributed by atoms with E-state index in [1.54, 1.807) is 0 Å². The first-order valence-electron chi connectivity index (χ1n) is 4.83. The summed E-state index contributed by atoms with van der Waals surface area (Å²) < 4.78 is 5.26. The SMILES string of the molecule is CC1(NC(=O)/C=C/C(=O)O)CCCOC1. The van der Waals surface area contributed by atoms with Gasteiger partial charge in [-0.15, -0.1) is 0 Å². The Balaban J connectivity index is 2.45. The summed E-state index contributed by atoms with van der Waals surface area (Å²) in [5, 5.41) is 11.1. The maximum absolute atomic E-state index is 11.3. The van der Waals surface area contributed by atoms with Gasteiger partial charge in [-0.2, -0.15) is 0 Å². The fourth-order valence-corrected chi connectivity index (χ4v) is 1.52. The van der Waals surface area contributed by atoms with Gasteiger partial charge in [-0.25, -0.2) is 4.79 Å². The molecule has 1 aliphatic rings. The van der Waals surface area contributed by atoms with Gasteiger partial charge in [0.05, 0.1) is 12.1 Å². The number of amides is 1. The summed E-state index contributed by atoms with van der Waals surface area (Å²) in [7, 11) is 0. The van der Waals surface area contributed by atoms with Crippen molar-refractivity contribution in [3.63, 3.8) is 0 Å². The molecule has 0 aliphatic carbocycles.